The zero-order valence-corrected chi connectivity index (χ0v) is 9.02. The SMILES string of the molecule is CCOc1ccc(N=C=O)c(C(=O)OC)c1. The number of hydrogen-bond acceptors (Lipinski definition) is 5. The number of carbonyl (C=O) groups is 1. The molecule has 0 bridgehead atoms. The van der Waals surface area contributed by atoms with Crippen LogP contribution < -0.4 is 4.74 Å². The van der Waals surface area contributed by atoms with Gasteiger partial charge in [0.2, 0.25) is 6.08 Å². The standard InChI is InChI=1S/C11H11NO4/c1-3-16-8-4-5-10(12-7-13)9(6-8)11(14)15-2/h4-6H,3H2,1-2H3. The smallest absolute Gasteiger partial charge is 0.340 e. The number of methoxy groups -OCH3 is 1. The van der Waals surface area contributed by atoms with Gasteiger partial charge in [0, 0.05) is 0 Å². The van der Waals surface area contributed by atoms with Crippen molar-refractivity contribution in [2.75, 3.05) is 13.7 Å². The van der Waals surface area contributed by atoms with Crippen molar-refractivity contribution in [3.05, 3.63) is 23.8 Å². The quantitative estimate of drug-likeness (QED) is 0.442. The molecule has 84 valence electrons. The highest BCUT2D eigenvalue weighted by Crippen LogP contribution is 2.25. The Bertz CT molecular complexity index is 436. The van der Waals surface area contributed by atoms with Crippen LogP contribution in [0.1, 0.15) is 17.3 Å². The molecule has 1 aromatic carbocycles. The summed E-state index contributed by atoms with van der Waals surface area (Å²) in [6.45, 7) is 2.31. The van der Waals surface area contributed by atoms with E-state index in [1.54, 1.807) is 6.07 Å². The molecule has 0 saturated carbocycles. The fraction of sp³-hybridized carbons (Fsp3) is 0.273. The summed E-state index contributed by atoms with van der Waals surface area (Å²) in [7, 11) is 1.25. The minimum absolute atomic E-state index is 0.178. The van der Waals surface area contributed by atoms with E-state index in [2.05, 4.69) is 9.73 Å². The first-order valence-corrected chi connectivity index (χ1v) is 4.66. The van der Waals surface area contributed by atoms with Gasteiger partial charge < -0.3 is 9.47 Å². The predicted molar refractivity (Wildman–Crippen MR) is 56.7 cm³/mol. The van der Waals surface area contributed by atoms with E-state index in [9.17, 15) is 9.59 Å². The number of ether oxygens (including phenoxy) is 2. The minimum Gasteiger partial charge on any atom is -0.494 e. The Hall–Kier alpha value is -2.13. The zero-order chi connectivity index (χ0) is 12.0. The highest BCUT2D eigenvalue weighted by molar-refractivity contribution is 5.95. The molecule has 0 radical (unpaired) electrons. The normalized spacial score (nSPS) is 9.12. The molecule has 0 amide bonds. The summed E-state index contributed by atoms with van der Waals surface area (Å²) in [4.78, 5) is 25.0. The molecule has 1 rings (SSSR count). The summed E-state index contributed by atoms with van der Waals surface area (Å²) in [6, 6.07) is 4.60. The third-order valence-corrected chi connectivity index (χ3v) is 1.85. The summed E-state index contributed by atoms with van der Waals surface area (Å²) in [6.07, 6.45) is 1.38. The summed E-state index contributed by atoms with van der Waals surface area (Å²) in [5.74, 6) is -0.0525. The first kappa shape index (κ1) is 11.9. The lowest BCUT2D eigenvalue weighted by Crippen LogP contribution is -2.02. The molecule has 5 heteroatoms. The largest absolute Gasteiger partial charge is 0.494 e. The Kier molecular flexibility index (Phi) is 4.24. The molecule has 0 aliphatic rings. The molecular weight excluding hydrogens is 210 g/mol. The predicted octanol–water partition coefficient (Wildman–Crippen LogP) is 1.84. The van der Waals surface area contributed by atoms with Crippen molar-refractivity contribution < 1.29 is 19.1 Å². The lowest BCUT2D eigenvalue weighted by molar-refractivity contribution is 0.0601. The Labute approximate surface area is 92.7 Å². The van der Waals surface area contributed by atoms with E-state index in [4.69, 9.17) is 4.74 Å². The number of isocyanates is 1. The average molecular weight is 221 g/mol. The van der Waals surface area contributed by atoms with Crippen LogP contribution in [0.4, 0.5) is 5.69 Å². The van der Waals surface area contributed by atoms with Crippen LogP contribution in [0.3, 0.4) is 0 Å². The van der Waals surface area contributed by atoms with Gasteiger partial charge in [-0.05, 0) is 25.1 Å². The van der Waals surface area contributed by atoms with Gasteiger partial charge in [0.05, 0.1) is 25.0 Å². The Morgan fingerprint density at radius 1 is 1.50 bits per heavy atom. The molecule has 0 spiro atoms. The van der Waals surface area contributed by atoms with E-state index in [0.29, 0.717) is 12.4 Å². The molecule has 1 aromatic rings. The third kappa shape index (κ3) is 2.68. The molecule has 0 aromatic heterocycles. The van der Waals surface area contributed by atoms with Crippen LogP contribution in [0.2, 0.25) is 0 Å². The van der Waals surface area contributed by atoms with Crippen LogP contribution in [0.5, 0.6) is 5.75 Å². The molecule has 0 aliphatic heterocycles. The second kappa shape index (κ2) is 5.68. The van der Waals surface area contributed by atoms with Gasteiger partial charge in [-0.3, -0.25) is 0 Å². The number of nitrogens with zero attached hydrogens (tertiary/aromatic N) is 1. The van der Waals surface area contributed by atoms with E-state index >= 15 is 0 Å². The van der Waals surface area contributed by atoms with E-state index in [1.807, 2.05) is 6.92 Å². The molecule has 0 N–H and O–H groups in total. The fourth-order valence-electron chi connectivity index (χ4n) is 1.19. The Morgan fingerprint density at radius 3 is 2.81 bits per heavy atom. The second-order valence-corrected chi connectivity index (χ2v) is 2.81. The molecule has 0 heterocycles. The summed E-state index contributed by atoms with van der Waals surface area (Å²) in [5, 5.41) is 0. The van der Waals surface area contributed by atoms with Gasteiger partial charge in [-0.25, -0.2) is 9.59 Å². The van der Waals surface area contributed by atoms with E-state index in [1.165, 1.54) is 25.3 Å². The molecule has 0 saturated heterocycles. The number of rotatable bonds is 4. The number of aliphatic imine (C=N–C) groups is 1. The number of esters is 1. The van der Waals surface area contributed by atoms with Crippen LogP contribution in [0, 0.1) is 0 Å². The van der Waals surface area contributed by atoms with Crippen molar-refractivity contribution >= 4 is 17.7 Å². The van der Waals surface area contributed by atoms with Crippen molar-refractivity contribution in [2.45, 2.75) is 6.92 Å². The van der Waals surface area contributed by atoms with Gasteiger partial charge in [0.25, 0.3) is 0 Å². The molecule has 0 aliphatic carbocycles. The van der Waals surface area contributed by atoms with Crippen molar-refractivity contribution in [1.82, 2.24) is 0 Å². The van der Waals surface area contributed by atoms with Crippen LogP contribution >= 0.6 is 0 Å². The molecule has 0 atom stereocenters. The maximum atomic E-state index is 11.4. The zero-order valence-electron chi connectivity index (χ0n) is 9.02. The lowest BCUT2D eigenvalue weighted by atomic mass is 10.1. The fourth-order valence-corrected chi connectivity index (χ4v) is 1.19. The van der Waals surface area contributed by atoms with E-state index < -0.39 is 5.97 Å². The molecular formula is C11H11NO4. The van der Waals surface area contributed by atoms with Crippen LogP contribution in [-0.2, 0) is 9.53 Å². The van der Waals surface area contributed by atoms with Crippen LogP contribution in [-0.4, -0.2) is 25.8 Å². The van der Waals surface area contributed by atoms with Gasteiger partial charge in [0.1, 0.15) is 5.75 Å². The highest BCUT2D eigenvalue weighted by atomic mass is 16.5. The maximum absolute atomic E-state index is 11.4. The molecule has 0 fully saturated rings. The first-order chi connectivity index (χ1) is 7.72. The van der Waals surface area contributed by atoms with Gasteiger partial charge in [-0.15, -0.1) is 0 Å². The lowest BCUT2D eigenvalue weighted by Gasteiger charge is -2.06. The summed E-state index contributed by atoms with van der Waals surface area (Å²) < 4.78 is 9.80. The second-order valence-electron chi connectivity index (χ2n) is 2.81. The Morgan fingerprint density at radius 2 is 2.25 bits per heavy atom. The summed E-state index contributed by atoms with van der Waals surface area (Å²) in [5.41, 5.74) is 0.391. The van der Waals surface area contributed by atoms with Crippen molar-refractivity contribution in [1.29, 1.82) is 0 Å². The average Bonchev–Trinajstić information content (AvgIpc) is 2.31. The number of benzene rings is 1. The van der Waals surface area contributed by atoms with Crippen LogP contribution in [0.25, 0.3) is 0 Å². The van der Waals surface area contributed by atoms with Crippen molar-refractivity contribution in [3.8, 4) is 5.75 Å². The van der Waals surface area contributed by atoms with Gasteiger partial charge in [-0.1, -0.05) is 0 Å². The van der Waals surface area contributed by atoms with Crippen LogP contribution in [0.15, 0.2) is 23.2 Å². The Balaban J connectivity index is 3.20. The molecule has 5 nitrogen and oxygen atoms in total. The minimum atomic E-state index is -0.574. The summed E-state index contributed by atoms with van der Waals surface area (Å²) >= 11 is 0. The van der Waals surface area contributed by atoms with Crippen molar-refractivity contribution in [3.63, 3.8) is 0 Å². The van der Waals surface area contributed by atoms with Crippen molar-refractivity contribution in [2.24, 2.45) is 4.99 Å². The van der Waals surface area contributed by atoms with E-state index in [0.717, 1.165) is 0 Å². The number of hydrogen-bond donors (Lipinski definition) is 0. The van der Waals surface area contributed by atoms with E-state index in [-0.39, 0.29) is 11.3 Å². The highest BCUT2D eigenvalue weighted by Gasteiger charge is 2.12. The number of carbonyl (C=O) groups excluding carboxylic acids is 2. The van der Waals surface area contributed by atoms with Gasteiger partial charge >= 0.3 is 5.97 Å². The third-order valence-electron chi connectivity index (χ3n) is 1.85. The monoisotopic (exact) mass is 221 g/mol. The molecule has 16 heavy (non-hydrogen) atoms. The van der Waals surface area contributed by atoms with Gasteiger partial charge in [0.15, 0.2) is 0 Å². The topological polar surface area (TPSA) is 65.0 Å². The molecule has 0 unspecified atom stereocenters. The first-order valence-electron chi connectivity index (χ1n) is 4.66. The van der Waals surface area contributed by atoms with Gasteiger partial charge in [-0.2, -0.15) is 4.99 Å². The maximum Gasteiger partial charge on any atom is 0.340 e.